The molecule has 1 saturated heterocycles. The van der Waals surface area contributed by atoms with Gasteiger partial charge >= 0.3 is 5.97 Å². The van der Waals surface area contributed by atoms with E-state index in [1.165, 1.54) is 6.20 Å². The van der Waals surface area contributed by atoms with E-state index in [1.807, 2.05) is 46.6 Å². The number of pyridine rings is 1. The second kappa shape index (κ2) is 14.5. The lowest BCUT2D eigenvalue weighted by molar-refractivity contribution is 0.0694. The number of anilines is 1. The molecule has 0 aliphatic carbocycles. The molecular formula is C31H42ClFN6O5. The zero-order valence-electron chi connectivity index (χ0n) is 26.0. The Bertz CT molecular complexity index is 1570. The number of ether oxygens (including phenoxy) is 1. The fourth-order valence-corrected chi connectivity index (χ4v) is 5.49. The highest BCUT2D eigenvalue weighted by Gasteiger charge is 2.31. The number of nitrogens with zero attached hydrogens (tertiary/aromatic N) is 3. The Labute approximate surface area is 261 Å². The number of benzene rings is 2. The number of carboxylic acid groups (broad SMARTS) is 1. The Morgan fingerprint density at radius 2 is 1.80 bits per heavy atom. The lowest BCUT2D eigenvalue weighted by Gasteiger charge is -2.37. The number of aromatic nitrogens is 1. The highest BCUT2D eigenvalue weighted by Crippen LogP contribution is 2.42. The highest BCUT2D eigenvalue weighted by molar-refractivity contribution is 6.31. The summed E-state index contributed by atoms with van der Waals surface area (Å²) < 4.78 is 22.6. The van der Waals surface area contributed by atoms with Gasteiger partial charge in [0.15, 0.2) is 17.3 Å². The van der Waals surface area contributed by atoms with Crippen molar-refractivity contribution in [3.05, 3.63) is 68.7 Å². The molecule has 11 nitrogen and oxygen atoms in total. The number of piperazine rings is 1. The van der Waals surface area contributed by atoms with E-state index in [9.17, 15) is 23.9 Å². The second-order valence-corrected chi connectivity index (χ2v) is 12.4. The predicted octanol–water partition coefficient (Wildman–Crippen LogP) is 3.66. The van der Waals surface area contributed by atoms with E-state index < -0.39 is 17.2 Å². The normalized spacial score (nSPS) is 17.0. The van der Waals surface area contributed by atoms with Crippen molar-refractivity contribution in [1.82, 2.24) is 14.8 Å². The van der Waals surface area contributed by atoms with Crippen LogP contribution in [0.15, 0.2) is 41.3 Å². The number of halogens is 2. The summed E-state index contributed by atoms with van der Waals surface area (Å²) in [7, 11) is 2.02. The van der Waals surface area contributed by atoms with Crippen LogP contribution in [-0.4, -0.2) is 77.7 Å². The van der Waals surface area contributed by atoms with Gasteiger partial charge in [-0.3, -0.25) is 21.3 Å². The van der Waals surface area contributed by atoms with Gasteiger partial charge in [0, 0.05) is 48.5 Å². The van der Waals surface area contributed by atoms with Gasteiger partial charge in [0.05, 0.1) is 23.0 Å². The van der Waals surface area contributed by atoms with Gasteiger partial charge in [0.1, 0.15) is 17.9 Å². The Balaban J connectivity index is 0.000000254. The average Bonchev–Trinajstić information content (AvgIpc) is 2.96. The smallest absolute Gasteiger partial charge is 0.341 e. The first-order valence-electron chi connectivity index (χ1n) is 14.3. The van der Waals surface area contributed by atoms with Crippen molar-refractivity contribution >= 4 is 39.9 Å². The molecule has 0 radical (unpaired) electrons. The summed E-state index contributed by atoms with van der Waals surface area (Å²) >= 11 is 5.85. The van der Waals surface area contributed by atoms with Gasteiger partial charge in [-0.2, -0.15) is 0 Å². The third-order valence-electron chi connectivity index (χ3n) is 7.34. The number of aromatic carboxylic acids is 1. The van der Waals surface area contributed by atoms with Gasteiger partial charge in [-0.25, -0.2) is 9.18 Å². The van der Waals surface area contributed by atoms with Crippen molar-refractivity contribution in [3.8, 4) is 5.75 Å². The third kappa shape index (κ3) is 7.93. The molecule has 1 fully saturated rings. The van der Waals surface area contributed by atoms with E-state index in [1.54, 1.807) is 28.8 Å². The fraction of sp³-hybridized carbons (Fsp3) is 0.452. The molecule has 3 heterocycles. The number of rotatable bonds is 5. The van der Waals surface area contributed by atoms with Crippen molar-refractivity contribution in [2.24, 2.45) is 11.7 Å². The van der Waals surface area contributed by atoms with Gasteiger partial charge in [0.25, 0.3) is 0 Å². The molecule has 6 N–H and O–H groups in total. The van der Waals surface area contributed by atoms with Crippen molar-refractivity contribution in [2.75, 3.05) is 44.7 Å². The lowest BCUT2D eigenvalue weighted by atomic mass is 10.0. The van der Waals surface area contributed by atoms with Crippen molar-refractivity contribution in [3.63, 3.8) is 0 Å². The van der Waals surface area contributed by atoms with Crippen LogP contribution in [0.25, 0.3) is 10.9 Å². The number of carbonyl (C=O) groups excluding carboxylic acids is 1. The van der Waals surface area contributed by atoms with Crippen LogP contribution in [0.2, 0.25) is 5.02 Å². The molecule has 0 spiro atoms. The van der Waals surface area contributed by atoms with Gasteiger partial charge in [0.2, 0.25) is 5.43 Å². The summed E-state index contributed by atoms with van der Waals surface area (Å²) in [6, 6.07) is 7.83. The predicted molar refractivity (Wildman–Crippen MR) is 172 cm³/mol. The standard InChI is InChI=1S/C18H20FN3O4.C13H18ClNO.H4N2/c1-10-9-26-17-14-11(16(23)12(18(24)25)8-22(10)14)7-13(19)15(17)21-5-3-20(2)4-6-21;1-9(15-13(2,3)4)12(16)10-6-5-7-11(14)8-10;1-2/h7-8,10H,3-6,9H2,1-2H3,(H,24,25);5-9,15H,1-4H3;1-2H2. The number of carbonyl (C=O) groups is 2. The first-order valence-corrected chi connectivity index (χ1v) is 14.7. The molecule has 5 rings (SSSR count). The number of hydrogen-bond donors (Lipinski definition) is 4. The van der Waals surface area contributed by atoms with Gasteiger partial charge in [-0.05, 0) is 59.9 Å². The molecule has 2 unspecified atom stereocenters. The summed E-state index contributed by atoms with van der Waals surface area (Å²) in [6.45, 7) is 13.1. The average molecular weight is 633 g/mol. The SMILES string of the molecule is CC(NC(C)(C)C)C(=O)c1cccc(Cl)c1.CC1COc2c(N3CCN(C)CC3)c(F)cc3c(=O)c(C(=O)O)cn1c23.NN. The van der Waals surface area contributed by atoms with Crippen LogP contribution in [0, 0.1) is 5.82 Å². The molecule has 1 aromatic heterocycles. The van der Waals surface area contributed by atoms with Crippen LogP contribution in [-0.2, 0) is 0 Å². The van der Waals surface area contributed by atoms with E-state index in [2.05, 4.69) is 21.9 Å². The monoisotopic (exact) mass is 632 g/mol. The van der Waals surface area contributed by atoms with Crippen molar-refractivity contribution in [2.45, 2.75) is 52.2 Å². The molecule has 2 atom stereocenters. The molecule has 0 saturated carbocycles. The van der Waals surface area contributed by atoms with E-state index in [0.717, 1.165) is 19.2 Å². The Hall–Kier alpha value is -3.55. The topological polar surface area (TPSA) is 156 Å². The first-order chi connectivity index (χ1) is 20.7. The quantitative estimate of drug-likeness (QED) is 0.186. The maximum Gasteiger partial charge on any atom is 0.341 e. The second-order valence-electron chi connectivity index (χ2n) is 12.0. The summed E-state index contributed by atoms with van der Waals surface area (Å²) in [4.78, 5) is 40.1. The van der Waals surface area contributed by atoms with Crippen LogP contribution in [0.1, 0.15) is 61.4 Å². The molecule has 2 aromatic carbocycles. The zero-order chi connectivity index (χ0) is 32.9. The highest BCUT2D eigenvalue weighted by atomic mass is 35.5. The Kier molecular flexibility index (Phi) is 11.5. The molecule has 240 valence electrons. The van der Waals surface area contributed by atoms with Gasteiger partial charge in [-0.1, -0.05) is 23.7 Å². The summed E-state index contributed by atoms with van der Waals surface area (Å²) in [5, 5.41) is 13.2. The maximum atomic E-state index is 15.0. The summed E-state index contributed by atoms with van der Waals surface area (Å²) in [5.74, 6) is 6.52. The first kappa shape index (κ1) is 34.9. The number of likely N-dealkylation sites (N-methyl/N-ethyl adjacent to an activating group) is 1. The Morgan fingerprint density at radius 1 is 1.16 bits per heavy atom. The molecule has 3 aromatic rings. The van der Waals surface area contributed by atoms with Crippen molar-refractivity contribution < 1.29 is 23.8 Å². The van der Waals surface area contributed by atoms with E-state index in [-0.39, 0.29) is 41.0 Å². The van der Waals surface area contributed by atoms with Gasteiger partial charge < -0.3 is 29.5 Å². The number of hydrazine groups is 1. The molecule has 2 aliphatic heterocycles. The molecular weight excluding hydrogens is 591 g/mol. The largest absolute Gasteiger partial charge is 0.487 e. The molecule has 0 amide bonds. The zero-order valence-corrected chi connectivity index (χ0v) is 26.7. The van der Waals surface area contributed by atoms with E-state index in [4.69, 9.17) is 16.3 Å². The fourth-order valence-electron chi connectivity index (χ4n) is 5.30. The Morgan fingerprint density at radius 3 is 2.36 bits per heavy atom. The van der Waals surface area contributed by atoms with Crippen LogP contribution >= 0.6 is 11.6 Å². The molecule has 2 aliphatic rings. The van der Waals surface area contributed by atoms with E-state index in [0.29, 0.717) is 40.6 Å². The molecule has 44 heavy (non-hydrogen) atoms. The van der Waals surface area contributed by atoms with Crippen LogP contribution < -0.4 is 32.1 Å². The van der Waals surface area contributed by atoms with Crippen molar-refractivity contribution in [1.29, 1.82) is 0 Å². The summed E-state index contributed by atoms with van der Waals surface area (Å²) in [5.41, 5.74) is 0.350. The number of Topliss-reactive ketones (excluding diaryl/α,β-unsaturated/α-hetero) is 1. The molecule has 13 heteroatoms. The minimum absolute atomic E-state index is 0.0434. The van der Waals surface area contributed by atoms with Gasteiger partial charge in [-0.15, -0.1) is 0 Å². The number of ketones is 1. The molecule has 0 bridgehead atoms. The minimum atomic E-state index is -1.32. The maximum absolute atomic E-state index is 15.0. The van der Waals surface area contributed by atoms with Crippen LogP contribution in [0.3, 0.4) is 0 Å². The van der Waals surface area contributed by atoms with Crippen LogP contribution in [0.5, 0.6) is 5.75 Å². The third-order valence-corrected chi connectivity index (χ3v) is 7.58. The summed E-state index contributed by atoms with van der Waals surface area (Å²) in [6.07, 6.45) is 1.34. The number of nitrogens with two attached hydrogens (primary N) is 2. The number of hydrogen-bond acceptors (Lipinski definition) is 9. The number of carboxylic acids is 1. The minimum Gasteiger partial charge on any atom is -0.487 e. The number of nitrogens with one attached hydrogen (secondary N) is 1. The van der Waals surface area contributed by atoms with Crippen LogP contribution in [0.4, 0.5) is 10.1 Å². The lowest BCUT2D eigenvalue weighted by Crippen LogP contribution is -2.46. The van der Waals surface area contributed by atoms with E-state index >= 15 is 0 Å².